The van der Waals surface area contributed by atoms with E-state index in [0.29, 0.717) is 96.6 Å². The average molecular weight is 1990 g/mol. The van der Waals surface area contributed by atoms with Gasteiger partial charge in [-0.05, 0) is 196 Å². The largest absolute Gasteiger partial charge is 0.493 e. The standard InChI is InChI=1S/C17H13N5O5S.C16H14N4O4S.C16H13N3OS.C16H16N2O5.C15H15ClN2O2S.C15H14N4OS/c1-25-12-4-2-3-9(14(12)26-8-13-20-17(24)27-22-13)5-6-11-10(7-18)15(23)21-16(28)19-11;1-23-12-4-2-3-9(14(12)24-8-13(18)21)5-6-11-10(7-17)15(22)20-16(25)19-11;1-2-5-11-6-3-4-7-12(11)8-9-14-13(10-17)15(20)19-16(21)18-14;1-21-14-9-12(17-16(18-14)22-2)8-7-11-5-3-4-6-13(11)23-10-15(19)20;1-3-20-14-10(5-4-6-12(14)19-2)7-8-11-9-13(16)18-15(21)17-11;1-2-17-12-6-4-3-5-10(12)7-8-13-11(9-16)14(20)19-15(21)18-13/h2-6H,8H2,1H3,(H,20,22,24)(H2,19,21,23,28);2-6H,8H2,1H3,(H2,18,21)(H2,19,20,22,25);2-9H,1H3,(H2,18,19,20,21);3-9H,10H2,1-2H3,(H,19,20);4-9H,3H2,1-2H3,(H,17,18,21);3-8,17H,2H2,1H3,(H2,18,19,20,21)/b2*6-5+;5-2+,9-8+;3*8-7+. The number of methoxy groups -OCH3 is 5. The lowest BCUT2D eigenvalue weighted by Crippen LogP contribution is -2.20. The maximum Gasteiger partial charge on any atom is 0.439 e. The molecule has 0 unspecified atom stereocenters. The van der Waals surface area contributed by atoms with Crippen LogP contribution in [0, 0.1) is 69.2 Å². The second-order valence-corrected chi connectivity index (χ2v) is 29.6. The highest BCUT2D eigenvalue weighted by Crippen LogP contribution is 2.36. The van der Waals surface area contributed by atoms with Crippen molar-refractivity contribution in [2.24, 2.45) is 5.73 Å². The molecule has 44 heteroatoms. The van der Waals surface area contributed by atoms with Gasteiger partial charge >= 0.3 is 17.7 Å². The van der Waals surface area contributed by atoms with Gasteiger partial charge in [0.15, 0.2) is 77.4 Å². The van der Waals surface area contributed by atoms with Gasteiger partial charge in [0.25, 0.3) is 28.1 Å². The van der Waals surface area contributed by atoms with Gasteiger partial charge in [-0.3, -0.25) is 53.4 Å². The van der Waals surface area contributed by atoms with E-state index >= 15 is 0 Å². The number of rotatable bonds is 31. The Labute approximate surface area is 821 Å². The summed E-state index contributed by atoms with van der Waals surface area (Å²) >= 11 is 30.6. The maximum atomic E-state index is 11.8. The minimum atomic E-state index is -1.03. The average Bonchev–Trinajstić information content (AvgIpc) is 1.03. The second kappa shape index (κ2) is 55.2. The summed E-state index contributed by atoms with van der Waals surface area (Å²) in [6.45, 7) is 6.47. The Morgan fingerprint density at radius 3 is 1.27 bits per heavy atom. The van der Waals surface area contributed by atoms with Gasteiger partial charge in [-0.25, -0.2) is 14.6 Å². The minimum Gasteiger partial charge on any atom is -0.493 e. The molecule has 7 aromatic heterocycles. The fourth-order valence-corrected chi connectivity index (χ4v) is 13.1. The first-order valence-corrected chi connectivity index (χ1v) is 43.1. The summed E-state index contributed by atoms with van der Waals surface area (Å²) in [4.78, 5) is 118. The predicted molar refractivity (Wildman–Crippen MR) is 539 cm³/mol. The number of nitriles is 4. The van der Waals surface area contributed by atoms with E-state index in [4.69, 9.17) is 142 Å². The molecule has 0 saturated heterocycles. The summed E-state index contributed by atoms with van der Waals surface area (Å²) < 4.78 is 53.3. The number of aliphatic carboxylic acids is 1. The number of primary amides is 1. The third kappa shape index (κ3) is 32.9. The number of hydrogen-bond acceptors (Lipinski definition) is 31. The van der Waals surface area contributed by atoms with Gasteiger partial charge in [-0.1, -0.05) is 138 Å². The summed E-state index contributed by atoms with van der Waals surface area (Å²) in [5.74, 6) is 1.61. The SMILES string of the molecule is C/C=C/c1ccccc1/C=C/c1[nH]c(=S)[nH]c(=O)c1C#N.CCNc1ccccc1/C=C/c1[nH]c(=S)[nH]c(=O)c1C#N.CCOc1c(/C=C/c2cc(Cl)[nH]c(=S)n2)cccc1OC.COc1cc(/C=C/c2ccccc2OCC(=O)O)nc(OC)n1.COc1cccc(/C=C/c2[nH]c(=S)[nH]c(=O)c2C#N)c1OCC(N)=O.COc1cccc(/C=C/c2[nH]c(=S)[nH]c(=O)c2C#N)c1OCc1noc(=O)[nH]1. The van der Waals surface area contributed by atoms with Crippen molar-refractivity contribution in [1.29, 1.82) is 21.0 Å². The van der Waals surface area contributed by atoms with Crippen LogP contribution in [0.1, 0.15) is 122 Å². The van der Waals surface area contributed by atoms with E-state index in [2.05, 4.69) is 79.8 Å². The van der Waals surface area contributed by atoms with E-state index in [1.54, 1.807) is 104 Å². The molecule has 13 rings (SSSR count). The van der Waals surface area contributed by atoms with Gasteiger partial charge in [-0.15, -0.1) is 0 Å². The molecule has 0 saturated carbocycles. The highest BCUT2D eigenvalue weighted by Gasteiger charge is 2.17. The number of carbonyl (C=O) groups is 2. The van der Waals surface area contributed by atoms with Gasteiger partial charge in [0.05, 0.1) is 76.3 Å². The van der Waals surface area contributed by atoms with Crippen LogP contribution < -0.4 is 81.7 Å². The van der Waals surface area contributed by atoms with E-state index in [0.717, 1.165) is 40.0 Å². The van der Waals surface area contributed by atoms with Gasteiger partial charge in [0.1, 0.15) is 64.0 Å². The zero-order valence-corrected chi connectivity index (χ0v) is 79.7. The maximum absolute atomic E-state index is 11.8. The van der Waals surface area contributed by atoms with Gasteiger partial charge in [0.2, 0.25) is 5.88 Å². The molecule has 0 bridgehead atoms. The third-order valence-corrected chi connectivity index (χ3v) is 19.1. The van der Waals surface area contributed by atoms with Crippen LogP contribution in [-0.2, 0) is 16.2 Å². The molecular formula is C95H85ClN20O18S5. The summed E-state index contributed by atoms with van der Waals surface area (Å²) in [7, 11) is 7.53. The Hall–Kier alpha value is -17.6. The number of carbonyl (C=O) groups excluding carboxylic acids is 1. The van der Waals surface area contributed by atoms with Gasteiger partial charge in [-0.2, -0.15) is 31.0 Å². The quantitative estimate of drug-likeness (QED) is 0.0142. The molecule has 139 heavy (non-hydrogen) atoms. The monoisotopic (exact) mass is 1990 g/mol. The van der Waals surface area contributed by atoms with Crippen molar-refractivity contribution in [2.75, 3.05) is 67.2 Å². The van der Waals surface area contributed by atoms with Crippen LogP contribution in [0.25, 0.3) is 79.0 Å². The number of nitrogens with one attached hydrogen (secondary N) is 11. The number of ether oxygens (including phenoxy) is 9. The van der Waals surface area contributed by atoms with Crippen molar-refractivity contribution < 1.29 is 61.9 Å². The molecule has 6 aromatic carbocycles. The molecule has 0 atom stereocenters. The van der Waals surface area contributed by atoms with Crippen LogP contribution in [-0.4, -0.2) is 149 Å². The fourth-order valence-electron chi connectivity index (χ4n) is 11.8. The number of aromatic nitrogens is 14. The summed E-state index contributed by atoms with van der Waals surface area (Å²) in [6.07, 6.45) is 24.5. The number of aromatic amines is 10. The topological polar surface area (TPSA) is 579 Å². The van der Waals surface area contributed by atoms with Crippen molar-refractivity contribution in [3.63, 3.8) is 0 Å². The van der Waals surface area contributed by atoms with Crippen molar-refractivity contribution in [1.82, 2.24) is 69.9 Å². The number of para-hydroxylation sites is 5. The van der Waals surface area contributed by atoms with Crippen molar-refractivity contribution in [2.45, 2.75) is 27.4 Å². The lowest BCUT2D eigenvalue weighted by molar-refractivity contribution is -0.139. The smallest absolute Gasteiger partial charge is 0.439 e. The van der Waals surface area contributed by atoms with E-state index in [9.17, 15) is 38.8 Å². The van der Waals surface area contributed by atoms with Crippen LogP contribution in [0.5, 0.6) is 52.1 Å². The molecule has 7 heterocycles. The molecule has 0 aliphatic rings. The Morgan fingerprint density at radius 1 is 0.446 bits per heavy atom. The highest BCUT2D eigenvalue weighted by molar-refractivity contribution is 7.72. The molecular weight excluding hydrogens is 1900 g/mol. The number of H-pyrrole nitrogens is 10. The van der Waals surface area contributed by atoms with Crippen LogP contribution in [0.3, 0.4) is 0 Å². The molecule has 0 radical (unpaired) electrons. The summed E-state index contributed by atoms with van der Waals surface area (Å²) in [5.41, 5.74) is 12.1. The minimum absolute atomic E-state index is 0.0146. The number of anilines is 1. The van der Waals surface area contributed by atoms with E-state index in [1.165, 1.54) is 40.6 Å². The molecule has 0 aliphatic carbocycles. The Morgan fingerprint density at radius 2 is 0.849 bits per heavy atom. The lowest BCUT2D eigenvalue weighted by Gasteiger charge is -2.12. The van der Waals surface area contributed by atoms with Crippen molar-refractivity contribution in [3.8, 4) is 76.4 Å². The molecule has 710 valence electrons. The van der Waals surface area contributed by atoms with Gasteiger partial charge < -0.3 is 83.7 Å². The lowest BCUT2D eigenvalue weighted by atomic mass is 10.1. The summed E-state index contributed by atoms with van der Waals surface area (Å²) in [5, 5.41) is 52.4. The molecule has 13 aromatic rings. The van der Waals surface area contributed by atoms with Crippen LogP contribution in [0.2, 0.25) is 5.15 Å². The number of nitrogens with zero attached hydrogens (tertiary/aromatic N) is 8. The van der Waals surface area contributed by atoms with Crippen molar-refractivity contribution in [3.05, 3.63) is 328 Å². The van der Waals surface area contributed by atoms with E-state index < -0.39 is 46.5 Å². The number of hydrogen-bond donors (Lipinski definition) is 13. The number of nitrogens with two attached hydrogens (primary N) is 1. The first-order valence-electron chi connectivity index (χ1n) is 40.6. The Balaban J connectivity index is 0.000000205. The number of allylic oxidation sites excluding steroid dienone is 1. The number of halogens is 1. The predicted octanol–water partition coefficient (Wildman–Crippen LogP) is 16.0. The van der Waals surface area contributed by atoms with Crippen molar-refractivity contribution >= 4 is 169 Å². The third-order valence-electron chi connectivity index (χ3n) is 17.9. The number of carboxylic acids is 1. The molecule has 1 amide bonds. The van der Waals surface area contributed by atoms with Crippen LogP contribution in [0.4, 0.5) is 5.69 Å². The number of benzene rings is 6. The van der Waals surface area contributed by atoms with E-state index in [1.807, 2.05) is 160 Å². The number of amides is 1. The van der Waals surface area contributed by atoms with Gasteiger partial charge in [0, 0.05) is 40.6 Å². The molecule has 0 fully saturated rings. The fraction of sp³-hybridized carbons (Fsp3) is 0.137. The molecule has 38 nitrogen and oxygen atoms in total. The molecule has 0 spiro atoms. The van der Waals surface area contributed by atoms with E-state index in [-0.39, 0.29) is 77.8 Å². The second-order valence-electron chi connectivity index (χ2n) is 27.1. The zero-order chi connectivity index (χ0) is 101. The Bertz CT molecular complexity index is 7620. The number of carboxylic acid groups (broad SMARTS) is 1. The first-order chi connectivity index (χ1) is 67.0. The Kier molecular flexibility index (Phi) is 42.4. The molecule has 14 N–H and O–H groups in total. The highest BCUT2D eigenvalue weighted by atomic mass is 35.5. The summed E-state index contributed by atoms with van der Waals surface area (Å²) in [6, 6.07) is 49.6. The zero-order valence-electron chi connectivity index (χ0n) is 74.9. The molecule has 0 aliphatic heterocycles. The van der Waals surface area contributed by atoms with Crippen LogP contribution >= 0.6 is 72.7 Å². The first kappa shape index (κ1) is 107. The van der Waals surface area contributed by atoms with Crippen LogP contribution in [0.15, 0.2) is 174 Å². The normalized spacial score (nSPS) is 10.7.